The fraction of sp³-hybridized carbons (Fsp3) is 0.167. The van der Waals surface area contributed by atoms with Crippen molar-refractivity contribution in [1.82, 2.24) is 9.38 Å². The van der Waals surface area contributed by atoms with Gasteiger partial charge in [-0.2, -0.15) is 0 Å². The van der Waals surface area contributed by atoms with Gasteiger partial charge in [-0.1, -0.05) is 30.3 Å². The number of pyridine rings is 1. The molecule has 2 aromatic carbocycles. The van der Waals surface area contributed by atoms with E-state index in [0.717, 1.165) is 45.1 Å². The molecule has 0 saturated carbocycles. The van der Waals surface area contributed by atoms with E-state index in [1.165, 1.54) is 0 Å². The molecule has 30 heavy (non-hydrogen) atoms. The van der Waals surface area contributed by atoms with Crippen molar-refractivity contribution in [3.05, 3.63) is 77.5 Å². The molecule has 6 heteroatoms. The minimum atomic E-state index is -0.522. The van der Waals surface area contributed by atoms with Crippen molar-refractivity contribution in [3.8, 4) is 17.0 Å². The van der Waals surface area contributed by atoms with Crippen LogP contribution in [-0.4, -0.2) is 21.9 Å². The zero-order valence-electron chi connectivity index (χ0n) is 17.3. The number of nitrogens with one attached hydrogen (secondary N) is 1. The van der Waals surface area contributed by atoms with Gasteiger partial charge in [-0.25, -0.2) is 4.98 Å². The Morgan fingerprint density at radius 3 is 2.57 bits per heavy atom. The van der Waals surface area contributed by atoms with Crippen molar-refractivity contribution in [2.45, 2.75) is 20.8 Å². The minimum absolute atomic E-state index is 0.191. The second-order valence-electron chi connectivity index (χ2n) is 7.38. The Morgan fingerprint density at radius 2 is 1.83 bits per heavy atom. The maximum absolute atomic E-state index is 11.3. The predicted octanol–water partition coefficient (Wildman–Crippen LogP) is 4.53. The van der Waals surface area contributed by atoms with E-state index in [4.69, 9.17) is 15.5 Å². The van der Waals surface area contributed by atoms with Crippen LogP contribution >= 0.6 is 0 Å². The molecule has 3 N–H and O–H groups in total. The zero-order valence-corrected chi connectivity index (χ0v) is 17.3. The predicted molar refractivity (Wildman–Crippen MR) is 119 cm³/mol. The van der Waals surface area contributed by atoms with E-state index in [2.05, 4.69) is 31.3 Å². The van der Waals surface area contributed by atoms with E-state index in [0.29, 0.717) is 5.75 Å². The number of nitrogens with zero attached hydrogens (tertiary/aromatic N) is 2. The largest absolute Gasteiger partial charge is 0.483 e. The van der Waals surface area contributed by atoms with Crippen LogP contribution < -0.4 is 15.8 Å². The van der Waals surface area contributed by atoms with Gasteiger partial charge in [0.2, 0.25) is 0 Å². The third-order valence-electron chi connectivity index (χ3n) is 5.02. The van der Waals surface area contributed by atoms with Crippen LogP contribution in [0.5, 0.6) is 5.75 Å². The summed E-state index contributed by atoms with van der Waals surface area (Å²) in [6.07, 6.45) is 1.97. The van der Waals surface area contributed by atoms with Crippen LogP contribution in [-0.2, 0) is 4.79 Å². The summed E-state index contributed by atoms with van der Waals surface area (Å²) in [5, 5.41) is 3.59. The highest BCUT2D eigenvalue weighted by Crippen LogP contribution is 2.38. The summed E-state index contributed by atoms with van der Waals surface area (Å²) in [5.74, 6) is 0.879. The van der Waals surface area contributed by atoms with Gasteiger partial charge in [0.05, 0.1) is 0 Å². The Hall–Kier alpha value is -3.80. The number of rotatable bonds is 6. The Morgan fingerprint density at radius 1 is 1.07 bits per heavy atom. The van der Waals surface area contributed by atoms with Crippen LogP contribution in [0, 0.1) is 20.8 Å². The number of ether oxygens (including phenoxy) is 1. The molecule has 4 rings (SSSR count). The lowest BCUT2D eigenvalue weighted by molar-refractivity contribution is -0.119. The number of amides is 1. The Bertz CT molecular complexity index is 1220. The SMILES string of the molecule is Cc1ccc(-c2nc3ccccn3c2Nc2c(C)cccc2C)c(OCC(N)=O)c1. The van der Waals surface area contributed by atoms with Gasteiger partial charge in [-0.3, -0.25) is 9.20 Å². The van der Waals surface area contributed by atoms with Crippen molar-refractivity contribution in [3.63, 3.8) is 0 Å². The smallest absolute Gasteiger partial charge is 0.255 e. The molecule has 0 aliphatic carbocycles. The Balaban J connectivity index is 1.90. The highest BCUT2D eigenvalue weighted by molar-refractivity contribution is 5.84. The first kappa shape index (κ1) is 19.5. The summed E-state index contributed by atoms with van der Waals surface area (Å²) in [6, 6.07) is 17.9. The molecule has 0 spiro atoms. The van der Waals surface area contributed by atoms with Crippen molar-refractivity contribution in [2.75, 3.05) is 11.9 Å². The molecule has 0 radical (unpaired) electrons. The number of carbonyl (C=O) groups is 1. The molecule has 0 aliphatic rings. The number of hydrogen-bond donors (Lipinski definition) is 2. The summed E-state index contributed by atoms with van der Waals surface area (Å²) in [4.78, 5) is 16.2. The molecule has 0 saturated heterocycles. The second kappa shape index (κ2) is 7.91. The van der Waals surface area contributed by atoms with Crippen molar-refractivity contribution < 1.29 is 9.53 Å². The van der Waals surface area contributed by atoms with Crippen LogP contribution in [0.2, 0.25) is 0 Å². The third kappa shape index (κ3) is 3.72. The molecule has 1 amide bonds. The average Bonchev–Trinajstić information content (AvgIpc) is 3.07. The molecule has 4 aromatic rings. The monoisotopic (exact) mass is 400 g/mol. The van der Waals surface area contributed by atoms with E-state index >= 15 is 0 Å². The van der Waals surface area contributed by atoms with Gasteiger partial charge in [-0.05, 0) is 61.7 Å². The summed E-state index contributed by atoms with van der Waals surface area (Å²) in [7, 11) is 0. The quantitative estimate of drug-likeness (QED) is 0.498. The van der Waals surface area contributed by atoms with Crippen LogP contribution in [0.15, 0.2) is 60.8 Å². The van der Waals surface area contributed by atoms with E-state index in [1.54, 1.807) is 0 Å². The molecule has 0 atom stereocenters. The zero-order chi connectivity index (χ0) is 21.3. The second-order valence-corrected chi connectivity index (χ2v) is 7.38. The first-order chi connectivity index (χ1) is 14.4. The van der Waals surface area contributed by atoms with E-state index in [-0.39, 0.29) is 6.61 Å². The van der Waals surface area contributed by atoms with E-state index in [1.807, 2.05) is 60.0 Å². The lowest BCUT2D eigenvalue weighted by Gasteiger charge is -2.15. The number of carbonyl (C=O) groups excluding carboxylic acids is 1. The minimum Gasteiger partial charge on any atom is -0.483 e. The van der Waals surface area contributed by atoms with Gasteiger partial charge >= 0.3 is 0 Å². The van der Waals surface area contributed by atoms with Crippen LogP contribution in [0.25, 0.3) is 16.9 Å². The van der Waals surface area contributed by atoms with E-state index in [9.17, 15) is 4.79 Å². The topological polar surface area (TPSA) is 81.7 Å². The maximum atomic E-state index is 11.3. The molecule has 2 aromatic heterocycles. The van der Waals surface area contributed by atoms with Crippen molar-refractivity contribution in [1.29, 1.82) is 0 Å². The third-order valence-corrected chi connectivity index (χ3v) is 5.02. The van der Waals surface area contributed by atoms with Gasteiger partial charge in [0.25, 0.3) is 5.91 Å². The Kier molecular flexibility index (Phi) is 5.14. The lowest BCUT2D eigenvalue weighted by Crippen LogP contribution is -2.20. The number of fused-ring (bicyclic) bond motifs is 1. The van der Waals surface area contributed by atoms with Crippen molar-refractivity contribution in [2.24, 2.45) is 5.73 Å². The fourth-order valence-corrected chi connectivity index (χ4v) is 3.53. The number of aromatic nitrogens is 2. The molecule has 0 unspecified atom stereocenters. The summed E-state index contributed by atoms with van der Waals surface area (Å²) >= 11 is 0. The van der Waals surface area contributed by atoms with Crippen LogP contribution in [0.4, 0.5) is 11.5 Å². The summed E-state index contributed by atoms with van der Waals surface area (Å²) in [6.45, 7) is 5.93. The number of benzene rings is 2. The number of imidazole rings is 1. The van der Waals surface area contributed by atoms with Crippen LogP contribution in [0.3, 0.4) is 0 Å². The maximum Gasteiger partial charge on any atom is 0.255 e. The molecule has 2 heterocycles. The first-order valence-corrected chi connectivity index (χ1v) is 9.76. The summed E-state index contributed by atoms with van der Waals surface area (Å²) in [5.41, 5.74) is 12.0. The van der Waals surface area contributed by atoms with Gasteiger partial charge in [0.1, 0.15) is 22.9 Å². The number of para-hydroxylation sites is 1. The molecular formula is C24H24N4O2. The summed E-state index contributed by atoms with van der Waals surface area (Å²) < 4.78 is 7.74. The van der Waals surface area contributed by atoms with Crippen LogP contribution in [0.1, 0.15) is 16.7 Å². The standard InChI is InChI=1S/C24H24N4O2/c1-15-10-11-18(19(13-15)30-14-20(25)29)23-24(28-12-5-4-9-21(28)26-23)27-22-16(2)7-6-8-17(22)3/h4-13,27H,14H2,1-3H3,(H2,25,29). The molecule has 0 bridgehead atoms. The Labute approximate surface area is 175 Å². The van der Waals surface area contributed by atoms with Crippen molar-refractivity contribution >= 4 is 23.1 Å². The van der Waals surface area contributed by atoms with E-state index < -0.39 is 5.91 Å². The van der Waals surface area contributed by atoms with Gasteiger partial charge in [0.15, 0.2) is 6.61 Å². The average molecular weight is 400 g/mol. The molecule has 6 nitrogen and oxygen atoms in total. The first-order valence-electron chi connectivity index (χ1n) is 9.76. The molecule has 152 valence electrons. The highest BCUT2D eigenvalue weighted by Gasteiger charge is 2.19. The molecular weight excluding hydrogens is 376 g/mol. The molecule has 0 aliphatic heterocycles. The van der Waals surface area contributed by atoms with Gasteiger partial charge in [0, 0.05) is 17.4 Å². The fourth-order valence-electron chi connectivity index (χ4n) is 3.53. The number of primary amides is 1. The number of anilines is 2. The normalized spacial score (nSPS) is 10.9. The lowest BCUT2D eigenvalue weighted by atomic mass is 10.1. The highest BCUT2D eigenvalue weighted by atomic mass is 16.5. The van der Waals surface area contributed by atoms with Gasteiger partial charge < -0.3 is 15.8 Å². The molecule has 0 fully saturated rings. The number of hydrogen-bond acceptors (Lipinski definition) is 4. The number of nitrogens with two attached hydrogens (primary N) is 1. The van der Waals surface area contributed by atoms with Gasteiger partial charge in [-0.15, -0.1) is 0 Å². The number of aryl methyl sites for hydroxylation is 3.